The van der Waals surface area contributed by atoms with Crippen molar-refractivity contribution in [1.29, 1.82) is 0 Å². The minimum absolute atomic E-state index is 0.0744. The van der Waals surface area contributed by atoms with Gasteiger partial charge >= 0.3 is 5.97 Å². The van der Waals surface area contributed by atoms with E-state index in [9.17, 15) is 9.59 Å². The molecule has 0 aromatic heterocycles. The van der Waals surface area contributed by atoms with Crippen LogP contribution in [0.25, 0.3) is 0 Å². The Hall–Kier alpha value is -1.63. The Bertz CT molecular complexity index is 451. The first-order chi connectivity index (χ1) is 8.54. The summed E-state index contributed by atoms with van der Waals surface area (Å²) in [6.45, 7) is 0.396. The van der Waals surface area contributed by atoms with Crippen molar-refractivity contribution in [1.82, 2.24) is 0 Å². The van der Waals surface area contributed by atoms with Gasteiger partial charge in [0, 0.05) is 11.6 Å². The molecule has 0 atom stereocenters. The maximum Gasteiger partial charge on any atom is 0.337 e. The van der Waals surface area contributed by atoms with Gasteiger partial charge < -0.3 is 20.9 Å². The molecule has 1 rings (SSSR count). The third-order valence-electron chi connectivity index (χ3n) is 1.98. The highest BCUT2D eigenvalue weighted by molar-refractivity contribution is 6.31. The topological polar surface area (TPSA) is 102 Å². The Labute approximate surface area is 109 Å². The van der Waals surface area contributed by atoms with Crippen molar-refractivity contribution >= 4 is 29.2 Å². The standard InChI is InChI=1S/C11H13ClN2O4/c12-7-1-2-9(8(5-7)11(16)17)14-10(15)6-18-4-3-13/h1-2,5H,3-4,6,13H2,(H,14,15)(H,16,17). The van der Waals surface area contributed by atoms with E-state index in [4.69, 9.17) is 27.2 Å². The fourth-order valence-corrected chi connectivity index (χ4v) is 1.41. The van der Waals surface area contributed by atoms with Gasteiger partial charge in [0.1, 0.15) is 6.61 Å². The largest absolute Gasteiger partial charge is 0.478 e. The van der Waals surface area contributed by atoms with E-state index in [0.717, 1.165) is 0 Å². The molecule has 0 aliphatic carbocycles. The quantitative estimate of drug-likeness (QED) is 0.669. The highest BCUT2D eigenvalue weighted by Crippen LogP contribution is 2.20. The second kappa shape index (κ2) is 6.95. The number of hydrogen-bond donors (Lipinski definition) is 3. The van der Waals surface area contributed by atoms with Crippen molar-refractivity contribution in [3.8, 4) is 0 Å². The highest BCUT2D eigenvalue weighted by Gasteiger charge is 2.13. The molecule has 0 spiro atoms. The number of carbonyl (C=O) groups excluding carboxylic acids is 1. The Morgan fingerprint density at radius 3 is 2.78 bits per heavy atom. The van der Waals surface area contributed by atoms with E-state index in [0.29, 0.717) is 6.54 Å². The summed E-state index contributed by atoms with van der Waals surface area (Å²) in [5.41, 5.74) is 5.30. The van der Waals surface area contributed by atoms with Gasteiger partial charge in [-0.15, -0.1) is 0 Å². The van der Waals surface area contributed by atoms with Crippen LogP contribution < -0.4 is 11.1 Å². The molecule has 1 aromatic carbocycles. The van der Waals surface area contributed by atoms with E-state index >= 15 is 0 Å². The molecule has 0 fully saturated rings. The number of ether oxygens (including phenoxy) is 1. The monoisotopic (exact) mass is 272 g/mol. The van der Waals surface area contributed by atoms with Crippen molar-refractivity contribution in [2.75, 3.05) is 25.1 Å². The predicted octanol–water partition coefficient (Wildman–Crippen LogP) is 0.952. The summed E-state index contributed by atoms with van der Waals surface area (Å²) in [6.07, 6.45) is 0. The number of rotatable bonds is 6. The van der Waals surface area contributed by atoms with Crippen LogP contribution in [-0.2, 0) is 9.53 Å². The smallest absolute Gasteiger partial charge is 0.337 e. The van der Waals surface area contributed by atoms with Crippen molar-refractivity contribution in [3.05, 3.63) is 28.8 Å². The molecule has 1 amide bonds. The van der Waals surface area contributed by atoms with Crippen molar-refractivity contribution in [3.63, 3.8) is 0 Å². The van der Waals surface area contributed by atoms with Crippen LogP contribution in [0.15, 0.2) is 18.2 Å². The zero-order valence-corrected chi connectivity index (χ0v) is 10.2. The number of carboxylic acids is 1. The van der Waals surface area contributed by atoms with Crippen molar-refractivity contribution in [2.45, 2.75) is 0 Å². The lowest BCUT2D eigenvalue weighted by Crippen LogP contribution is -2.21. The number of hydrogen-bond acceptors (Lipinski definition) is 4. The van der Waals surface area contributed by atoms with Crippen LogP contribution in [0.5, 0.6) is 0 Å². The molecule has 98 valence electrons. The van der Waals surface area contributed by atoms with Gasteiger partial charge in [0.25, 0.3) is 0 Å². The Morgan fingerprint density at radius 1 is 1.44 bits per heavy atom. The molecule has 0 saturated heterocycles. The summed E-state index contributed by atoms with van der Waals surface area (Å²) in [6, 6.07) is 4.18. The first kappa shape index (κ1) is 14.4. The molecule has 18 heavy (non-hydrogen) atoms. The summed E-state index contributed by atoms with van der Waals surface area (Å²) < 4.78 is 4.93. The van der Waals surface area contributed by atoms with Crippen LogP contribution in [0.1, 0.15) is 10.4 Å². The molecule has 0 bridgehead atoms. The molecular weight excluding hydrogens is 260 g/mol. The number of amides is 1. The maximum atomic E-state index is 11.4. The average Bonchev–Trinajstić information content (AvgIpc) is 2.31. The fourth-order valence-electron chi connectivity index (χ4n) is 1.24. The predicted molar refractivity (Wildman–Crippen MR) is 66.9 cm³/mol. The number of halogens is 1. The van der Waals surface area contributed by atoms with Gasteiger partial charge in [0.2, 0.25) is 5.91 Å². The molecule has 0 aliphatic rings. The molecule has 0 heterocycles. The summed E-state index contributed by atoms with van der Waals surface area (Å²) >= 11 is 5.69. The van der Waals surface area contributed by atoms with Gasteiger partial charge in [-0.05, 0) is 18.2 Å². The number of carbonyl (C=O) groups is 2. The minimum Gasteiger partial charge on any atom is -0.478 e. The van der Waals surface area contributed by atoms with Crippen LogP contribution in [0.3, 0.4) is 0 Å². The van der Waals surface area contributed by atoms with Crippen LogP contribution in [-0.4, -0.2) is 36.7 Å². The number of nitrogens with one attached hydrogen (secondary N) is 1. The normalized spacial score (nSPS) is 10.1. The zero-order valence-electron chi connectivity index (χ0n) is 9.48. The molecule has 0 radical (unpaired) electrons. The van der Waals surface area contributed by atoms with Crippen LogP contribution in [0, 0.1) is 0 Å². The molecule has 4 N–H and O–H groups in total. The fraction of sp³-hybridized carbons (Fsp3) is 0.273. The van der Waals surface area contributed by atoms with Gasteiger partial charge in [0.05, 0.1) is 17.9 Å². The SMILES string of the molecule is NCCOCC(=O)Nc1ccc(Cl)cc1C(=O)O. The second-order valence-electron chi connectivity index (χ2n) is 3.38. The molecular formula is C11H13ClN2O4. The van der Waals surface area contributed by atoms with E-state index in [1.807, 2.05) is 0 Å². The summed E-state index contributed by atoms with van der Waals surface area (Å²) in [7, 11) is 0. The summed E-state index contributed by atoms with van der Waals surface area (Å²) in [5.74, 6) is -1.62. The first-order valence-electron chi connectivity index (χ1n) is 5.15. The van der Waals surface area contributed by atoms with Gasteiger partial charge in [-0.1, -0.05) is 11.6 Å². The Morgan fingerprint density at radius 2 is 2.17 bits per heavy atom. The molecule has 0 unspecified atom stereocenters. The molecule has 6 nitrogen and oxygen atoms in total. The van der Waals surface area contributed by atoms with Crippen molar-refractivity contribution in [2.24, 2.45) is 5.73 Å². The molecule has 1 aromatic rings. The number of anilines is 1. The average molecular weight is 273 g/mol. The maximum absolute atomic E-state index is 11.4. The van der Waals surface area contributed by atoms with E-state index < -0.39 is 11.9 Å². The van der Waals surface area contributed by atoms with Crippen LogP contribution in [0.4, 0.5) is 5.69 Å². The number of benzene rings is 1. The summed E-state index contributed by atoms with van der Waals surface area (Å²) in [5, 5.41) is 11.7. The van der Waals surface area contributed by atoms with Gasteiger partial charge in [-0.3, -0.25) is 4.79 Å². The Kier molecular flexibility index (Phi) is 5.57. The van der Waals surface area contributed by atoms with E-state index in [-0.39, 0.29) is 29.5 Å². The number of nitrogens with two attached hydrogens (primary N) is 1. The lowest BCUT2D eigenvalue weighted by molar-refractivity contribution is -0.120. The van der Waals surface area contributed by atoms with Gasteiger partial charge in [-0.2, -0.15) is 0 Å². The van der Waals surface area contributed by atoms with Gasteiger partial charge in [0.15, 0.2) is 0 Å². The first-order valence-corrected chi connectivity index (χ1v) is 5.53. The molecule has 0 saturated carbocycles. The lowest BCUT2D eigenvalue weighted by atomic mass is 10.2. The summed E-state index contributed by atoms with van der Waals surface area (Å²) in [4.78, 5) is 22.4. The number of aromatic carboxylic acids is 1. The molecule has 7 heteroatoms. The second-order valence-corrected chi connectivity index (χ2v) is 3.82. The van der Waals surface area contributed by atoms with E-state index in [1.54, 1.807) is 0 Å². The molecule has 0 aliphatic heterocycles. The lowest BCUT2D eigenvalue weighted by Gasteiger charge is -2.09. The van der Waals surface area contributed by atoms with E-state index in [2.05, 4.69) is 5.32 Å². The van der Waals surface area contributed by atoms with Crippen LogP contribution in [0.2, 0.25) is 5.02 Å². The third kappa shape index (κ3) is 4.33. The zero-order chi connectivity index (χ0) is 13.5. The highest BCUT2D eigenvalue weighted by atomic mass is 35.5. The van der Waals surface area contributed by atoms with E-state index in [1.165, 1.54) is 18.2 Å². The van der Waals surface area contributed by atoms with Crippen LogP contribution >= 0.6 is 11.6 Å². The number of carboxylic acid groups (broad SMARTS) is 1. The van der Waals surface area contributed by atoms with Gasteiger partial charge in [-0.25, -0.2) is 4.79 Å². The van der Waals surface area contributed by atoms with Crippen molar-refractivity contribution < 1.29 is 19.4 Å². The third-order valence-corrected chi connectivity index (χ3v) is 2.22. The minimum atomic E-state index is -1.17. The Balaban J connectivity index is 2.72.